The maximum atomic E-state index is 3.36. The van der Waals surface area contributed by atoms with Crippen molar-refractivity contribution in [2.24, 2.45) is 57.2 Å². The summed E-state index contributed by atoms with van der Waals surface area (Å²) in [5.41, 5.74) is 2.54. The molecule has 5 aliphatic carbocycles. The van der Waals surface area contributed by atoms with E-state index in [0.29, 0.717) is 21.7 Å². The normalized spacial score (nSPS) is 53.7. The second-order valence-electron chi connectivity index (χ2n) is 13.7. The minimum atomic E-state index is 0.603. The highest BCUT2D eigenvalue weighted by Gasteiger charge is 2.68. The fraction of sp³-hybridized carbons (Fsp3) is 0.938. The minimum absolute atomic E-state index is 0.603. The van der Waals surface area contributed by atoms with Crippen molar-refractivity contribution < 1.29 is 0 Å². The van der Waals surface area contributed by atoms with Crippen LogP contribution >= 0.6 is 0 Å². The Balaban J connectivity index is 0.000000536. The Morgan fingerprint density at radius 2 is 1.34 bits per heavy atom. The highest BCUT2D eigenvalue weighted by molar-refractivity contribution is 5.16. The Labute approximate surface area is 202 Å². The summed E-state index contributed by atoms with van der Waals surface area (Å²) in [7, 11) is 0. The van der Waals surface area contributed by atoms with E-state index in [1.807, 2.05) is 20.8 Å². The second-order valence-corrected chi connectivity index (χ2v) is 13.7. The van der Waals surface area contributed by atoms with E-state index >= 15 is 0 Å². The van der Waals surface area contributed by atoms with Gasteiger partial charge >= 0.3 is 0 Å². The van der Waals surface area contributed by atoms with Crippen LogP contribution in [0, 0.1) is 57.2 Å². The Morgan fingerprint density at radius 3 is 2.00 bits per heavy atom. The van der Waals surface area contributed by atoms with Crippen LogP contribution in [0.5, 0.6) is 0 Å². The predicted molar refractivity (Wildman–Crippen MR) is 143 cm³/mol. The zero-order chi connectivity index (χ0) is 23.9. The lowest BCUT2D eigenvalue weighted by molar-refractivity contribution is -0.227. The molecule has 0 amide bonds. The average molecular weight is 443 g/mol. The molecule has 0 bridgehead atoms. The molecule has 5 fully saturated rings. The molecule has 0 spiro atoms. The van der Waals surface area contributed by atoms with Crippen molar-refractivity contribution in [3.05, 3.63) is 12.7 Å². The predicted octanol–water partition coefficient (Wildman–Crippen LogP) is 10.3. The molecule has 9 unspecified atom stereocenters. The monoisotopic (exact) mass is 442 g/mol. The molecule has 0 saturated heterocycles. The first kappa shape index (κ1) is 26.3. The minimum Gasteiger partial charge on any atom is -0.103 e. The average Bonchev–Trinajstić information content (AvgIpc) is 3.16. The van der Waals surface area contributed by atoms with E-state index < -0.39 is 0 Å². The van der Waals surface area contributed by atoms with Gasteiger partial charge in [-0.3, -0.25) is 0 Å². The highest BCUT2D eigenvalue weighted by atomic mass is 14.7. The van der Waals surface area contributed by atoms with E-state index in [1.165, 1.54) is 51.4 Å². The van der Waals surface area contributed by atoms with Gasteiger partial charge in [-0.25, -0.2) is 0 Å². The third kappa shape index (κ3) is 3.68. The zero-order valence-electron chi connectivity index (χ0n) is 23.5. The molecule has 0 heterocycles. The molecule has 0 aromatic carbocycles. The van der Waals surface area contributed by atoms with Crippen LogP contribution in [0.15, 0.2) is 12.7 Å². The van der Waals surface area contributed by atoms with Gasteiger partial charge in [0.15, 0.2) is 0 Å². The van der Waals surface area contributed by atoms with Gasteiger partial charge in [0, 0.05) is 0 Å². The summed E-state index contributed by atoms with van der Waals surface area (Å²) in [6, 6.07) is 0. The van der Waals surface area contributed by atoms with E-state index in [9.17, 15) is 0 Å². The smallest absolute Gasteiger partial charge is 0.0235 e. The highest BCUT2D eigenvalue weighted by Crippen LogP contribution is 2.76. The van der Waals surface area contributed by atoms with E-state index in [-0.39, 0.29) is 0 Å². The molecule has 186 valence electrons. The molecular weight excluding hydrogens is 384 g/mol. The summed E-state index contributed by atoms with van der Waals surface area (Å²) in [5, 5.41) is 0. The van der Waals surface area contributed by atoms with Crippen molar-refractivity contribution in [1.82, 2.24) is 0 Å². The Kier molecular flexibility index (Phi) is 7.75. The summed E-state index contributed by atoms with van der Waals surface area (Å²) in [6.07, 6.45) is 18.6. The molecule has 0 nitrogen and oxygen atoms in total. The van der Waals surface area contributed by atoms with E-state index in [1.54, 1.807) is 25.3 Å². The number of hydrogen-bond donors (Lipinski definition) is 0. The van der Waals surface area contributed by atoms with Gasteiger partial charge in [0.1, 0.15) is 0 Å². The molecule has 32 heavy (non-hydrogen) atoms. The molecule has 5 aliphatic rings. The topological polar surface area (TPSA) is 0 Å². The van der Waals surface area contributed by atoms with Crippen LogP contribution in [-0.2, 0) is 0 Å². The Hall–Kier alpha value is -0.260. The van der Waals surface area contributed by atoms with Crippen LogP contribution in [0.1, 0.15) is 133 Å². The molecule has 5 rings (SSSR count). The van der Waals surface area contributed by atoms with Crippen molar-refractivity contribution in [2.75, 3.05) is 0 Å². The summed E-state index contributed by atoms with van der Waals surface area (Å²) in [4.78, 5) is 0. The molecule has 5 saturated carbocycles. The molecule has 0 N–H and O–H groups in total. The SMILES string of the molecule is C=CC.CC.CC1CCC2(C)C(CCC3(C)C2CCC2C4CCCC4(C)CC[C@]23C)C1C. The number of allylic oxidation sites excluding steroid dienone is 1. The maximum absolute atomic E-state index is 3.36. The van der Waals surface area contributed by atoms with Crippen LogP contribution < -0.4 is 0 Å². The molecule has 0 aromatic heterocycles. The molecule has 0 aliphatic heterocycles. The molecule has 10 atom stereocenters. The van der Waals surface area contributed by atoms with Gasteiger partial charge in [-0.1, -0.05) is 67.9 Å². The van der Waals surface area contributed by atoms with Crippen LogP contribution in [0.4, 0.5) is 0 Å². The third-order valence-corrected chi connectivity index (χ3v) is 12.8. The third-order valence-electron chi connectivity index (χ3n) is 12.8. The van der Waals surface area contributed by atoms with Crippen molar-refractivity contribution in [1.29, 1.82) is 0 Å². The van der Waals surface area contributed by atoms with Gasteiger partial charge in [-0.05, 0) is 128 Å². The van der Waals surface area contributed by atoms with Crippen molar-refractivity contribution in [3.63, 3.8) is 0 Å². The number of hydrogen-bond acceptors (Lipinski definition) is 0. The largest absolute Gasteiger partial charge is 0.103 e. The van der Waals surface area contributed by atoms with Crippen LogP contribution in [-0.4, -0.2) is 0 Å². The van der Waals surface area contributed by atoms with E-state index in [2.05, 4.69) is 48.1 Å². The maximum Gasteiger partial charge on any atom is -0.0235 e. The molecule has 0 heteroatoms. The zero-order valence-corrected chi connectivity index (χ0v) is 23.5. The lowest BCUT2D eigenvalue weighted by Crippen LogP contribution is -2.64. The van der Waals surface area contributed by atoms with Gasteiger partial charge in [0.05, 0.1) is 0 Å². The lowest BCUT2D eigenvalue weighted by Gasteiger charge is -2.71. The lowest BCUT2D eigenvalue weighted by atomic mass is 9.33. The second kappa shape index (κ2) is 9.41. The van der Waals surface area contributed by atoms with Gasteiger partial charge < -0.3 is 0 Å². The first-order valence-corrected chi connectivity index (χ1v) is 14.6. The van der Waals surface area contributed by atoms with Gasteiger partial charge in [-0.2, -0.15) is 0 Å². The van der Waals surface area contributed by atoms with Crippen molar-refractivity contribution >= 4 is 0 Å². The summed E-state index contributed by atoms with van der Waals surface area (Å²) in [6.45, 7) is 25.4. The van der Waals surface area contributed by atoms with Gasteiger partial charge in [-0.15, -0.1) is 6.58 Å². The van der Waals surface area contributed by atoms with Crippen LogP contribution in [0.3, 0.4) is 0 Å². The molecule has 0 radical (unpaired) electrons. The Morgan fingerprint density at radius 1 is 0.688 bits per heavy atom. The fourth-order valence-corrected chi connectivity index (χ4v) is 10.7. The number of fused-ring (bicyclic) bond motifs is 7. The van der Waals surface area contributed by atoms with Crippen molar-refractivity contribution in [3.8, 4) is 0 Å². The van der Waals surface area contributed by atoms with E-state index in [4.69, 9.17) is 0 Å². The van der Waals surface area contributed by atoms with Gasteiger partial charge in [0.25, 0.3) is 0 Å². The first-order valence-electron chi connectivity index (χ1n) is 14.6. The van der Waals surface area contributed by atoms with Gasteiger partial charge in [0.2, 0.25) is 0 Å². The summed E-state index contributed by atoms with van der Waals surface area (Å²) < 4.78 is 0. The van der Waals surface area contributed by atoms with Crippen molar-refractivity contribution in [2.45, 2.75) is 133 Å². The van der Waals surface area contributed by atoms with Crippen LogP contribution in [0.2, 0.25) is 0 Å². The van der Waals surface area contributed by atoms with E-state index in [0.717, 1.165) is 35.5 Å². The first-order chi connectivity index (χ1) is 15.1. The fourth-order valence-electron chi connectivity index (χ4n) is 10.7. The summed E-state index contributed by atoms with van der Waals surface area (Å²) in [5.74, 6) is 5.96. The van der Waals surface area contributed by atoms with Crippen LogP contribution in [0.25, 0.3) is 0 Å². The standard InChI is InChI=1S/C27H46.C3H6.C2H6/c1-18-11-14-25(4)20(19(18)2)12-15-27(6)23(25)10-9-22-21-8-7-13-24(21,3)16-17-26(22,27)5;1-3-2;1-2/h18-23H,7-17H2,1-6H3;3H,1H2,2H3;1-2H3/t18?,19?,20?,21?,22?,23?,24?,25?,26-,27?;;/m1../s1. The molecule has 0 aromatic rings. The number of rotatable bonds is 0. The summed E-state index contributed by atoms with van der Waals surface area (Å²) >= 11 is 0. The Bertz CT molecular complexity index is 648. The molecular formula is C32H58. The quantitative estimate of drug-likeness (QED) is 0.327.